The lowest BCUT2D eigenvalue weighted by Crippen LogP contribution is -2.31. The number of amides is 1. The van der Waals surface area contributed by atoms with Crippen LogP contribution in [-0.2, 0) is 0 Å². The molecule has 0 aliphatic carbocycles. The molecule has 1 amide bonds. The van der Waals surface area contributed by atoms with Gasteiger partial charge in [-0.2, -0.15) is 4.99 Å². The van der Waals surface area contributed by atoms with Gasteiger partial charge in [0.25, 0.3) is 11.5 Å². The zero-order valence-corrected chi connectivity index (χ0v) is 19.1. The monoisotopic (exact) mass is 440 g/mol. The maximum Gasteiger partial charge on any atom is 0.279 e. The van der Waals surface area contributed by atoms with Gasteiger partial charge in [0.1, 0.15) is 0 Å². The first kappa shape index (κ1) is 21.7. The predicted molar refractivity (Wildman–Crippen MR) is 131 cm³/mol. The van der Waals surface area contributed by atoms with E-state index >= 15 is 0 Å². The van der Waals surface area contributed by atoms with Gasteiger partial charge in [-0.25, -0.2) is 0 Å². The van der Waals surface area contributed by atoms with Crippen molar-refractivity contribution in [2.75, 3.05) is 0 Å². The highest BCUT2D eigenvalue weighted by molar-refractivity contribution is 7.12. The number of rotatable bonds is 4. The van der Waals surface area contributed by atoms with Crippen molar-refractivity contribution in [1.29, 1.82) is 0 Å². The van der Waals surface area contributed by atoms with Crippen molar-refractivity contribution in [2.24, 2.45) is 4.99 Å². The van der Waals surface area contributed by atoms with E-state index in [4.69, 9.17) is 0 Å². The number of hydrogen-bond donors (Lipinski definition) is 0. The zero-order valence-electron chi connectivity index (χ0n) is 18.3. The Morgan fingerprint density at radius 1 is 0.906 bits per heavy atom. The van der Waals surface area contributed by atoms with Crippen molar-refractivity contribution in [1.82, 2.24) is 4.57 Å². The molecule has 0 atom stereocenters. The van der Waals surface area contributed by atoms with Crippen molar-refractivity contribution in [3.8, 4) is 16.1 Å². The summed E-state index contributed by atoms with van der Waals surface area (Å²) < 4.78 is 1.56. The molecule has 4 rings (SSSR count). The van der Waals surface area contributed by atoms with Gasteiger partial charge in [0.15, 0.2) is 0 Å². The molecule has 0 aliphatic heterocycles. The second kappa shape index (κ2) is 9.28. The van der Waals surface area contributed by atoms with Crippen LogP contribution >= 0.6 is 11.3 Å². The fraction of sp³-hybridized carbons (Fsp3) is 0.148. The minimum absolute atomic E-state index is 0.205. The maximum absolute atomic E-state index is 13.4. The predicted octanol–water partition coefficient (Wildman–Crippen LogP) is 5.74. The van der Waals surface area contributed by atoms with Crippen LogP contribution < -0.4 is 10.4 Å². The number of benzene rings is 3. The number of para-hydroxylation sites is 1. The molecule has 32 heavy (non-hydrogen) atoms. The molecule has 0 spiro atoms. The molecule has 0 bridgehead atoms. The summed E-state index contributed by atoms with van der Waals surface area (Å²) in [5.74, 6) is -0.171. The third-order valence-corrected chi connectivity index (χ3v) is 6.31. The van der Waals surface area contributed by atoms with Crippen molar-refractivity contribution in [3.05, 3.63) is 117 Å². The Hall–Kier alpha value is -3.57. The van der Waals surface area contributed by atoms with E-state index in [1.54, 1.807) is 34.9 Å². The van der Waals surface area contributed by atoms with Gasteiger partial charge < -0.3 is 0 Å². The van der Waals surface area contributed by atoms with E-state index in [9.17, 15) is 9.59 Å². The lowest BCUT2D eigenvalue weighted by atomic mass is 10.0. The molecule has 0 fully saturated rings. The fourth-order valence-electron chi connectivity index (χ4n) is 3.63. The highest BCUT2D eigenvalue weighted by atomic mass is 32.1. The summed E-state index contributed by atoms with van der Waals surface area (Å²) in [6.45, 7) is 6.18. The normalized spacial score (nSPS) is 11.7. The maximum atomic E-state index is 13.4. The molecule has 4 nitrogen and oxygen atoms in total. The second-order valence-electron chi connectivity index (χ2n) is 7.88. The number of carbonyl (C=O) groups is 1. The number of aromatic nitrogens is 1. The van der Waals surface area contributed by atoms with Crippen LogP contribution in [0, 0.1) is 6.92 Å². The molecule has 0 radical (unpaired) electrons. The molecule has 0 saturated heterocycles. The lowest BCUT2D eigenvalue weighted by molar-refractivity contribution is 0.0998. The van der Waals surface area contributed by atoms with Crippen LogP contribution in [0.25, 0.3) is 16.1 Å². The number of nitrogens with zero attached hydrogens (tertiary/aromatic N) is 2. The van der Waals surface area contributed by atoms with Crippen LogP contribution in [0.2, 0.25) is 0 Å². The summed E-state index contributed by atoms with van der Waals surface area (Å²) in [4.78, 5) is 32.0. The molecule has 0 saturated carbocycles. The third-order valence-electron chi connectivity index (χ3n) is 5.30. The molecule has 5 heteroatoms. The summed E-state index contributed by atoms with van der Waals surface area (Å²) in [5, 5.41) is 0. The van der Waals surface area contributed by atoms with Crippen LogP contribution in [0.4, 0.5) is 0 Å². The largest absolute Gasteiger partial charge is 0.279 e. The number of carbonyl (C=O) groups excluding carboxylic acids is 1. The topological polar surface area (TPSA) is 51.4 Å². The first-order valence-electron chi connectivity index (χ1n) is 10.5. The van der Waals surface area contributed by atoms with Crippen molar-refractivity contribution < 1.29 is 4.79 Å². The quantitative estimate of drug-likeness (QED) is 0.406. The minimum Gasteiger partial charge on any atom is -0.269 e. The highest BCUT2D eigenvalue weighted by Gasteiger charge is 2.15. The Bertz CT molecular complexity index is 1400. The van der Waals surface area contributed by atoms with E-state index < -0.39 is 0 Å². The standard InChI is InChI=1S/C27H24N2O2S/c1-18(2)21-14-9-10-16-23(21)29-25(30)17-24(22-15-8-7-11-19(22)3)32-27(29)28-26(31)20-12-5-4-6-13-20/h4-18H,1-3H3/b28-27-. The Morgan fingerprint density at radius 2 is 1.56 bits per heavy atom. The summed E-state index contributed by atoms with van der Waals surface area (Å²) in [5.41, 5.74) is 4.06. The van der Waals surface area contributed by atoms with Crippen LogP contribution in [-0.4, -0.2) is 10.5 Å². The average Bonchev–Trinajstić information content (AvgIpc) is 2.79. The molecule has 0 N–H and O–H groups in total. The van der Waals surface area contributed by atoms with Crippen LogP contribution in [0.5, 0.6) is 0 Å². The molecule has 1 heterocycles. The molecule has 3 aromatic carbocycles. The van der Waals surface area contributed by atoms with Crippen LogP contribution in [0.3, 0.4) is 0 Å². The summed E-state index contributed by atoms with van der Waals surface area (Å²) in [6.07, 6.45) is 0. The van der Waals surface area contributed by atoms with Gasteiger partial charge in [-0.05, 0) is 47.7 Å². The van der Waals surface area contributed by atoms with Gasteiger partial charge in [-0.15, -0.1) is 0 Å². The zero-order chi connectivity index (χ0) is 22.7. The van der Waals surface area contributed by atoms with Crippen molar-refractivity contribution >= 4 is 17.2 Å². The van der Waals surface area contributed by atoms with Crippen LogP contribution in [0.1, 0.15) is 41.3 Å². The fourth-order valence-corrected chi connectivity index (χ4v) is 4.74. The molecule has 1 aromatic heterocycles. The Balaban J connectivity index is 2.02. The van der Waals surface area contributed by atoms with Gasteiger partial charge in [-0.1, -0.05) is 85.8 Å². The van der Waals surface area contributed by atoms with Gasteiger partial charge in [0.05, 0.1) is 5.69 Å². The van der Waals surface area contributed by atoms with E-state index in [0.29, 0.717) is 10.4 Å². The van der Waals surface area contributed by atoms with E-state index in [0.717, 1.165) is 27.3 Å². The Kier molecular flexibility index (Phi) is 6.28. The number of hydrogen-bond acceptors (Lipinski definition) is 3. The first-order chi connectivity index (χ1) is 15.5. The van der Waals surface area contributed by atoms with Gasteiger partial charge in [0, 0.05) is 16.5 Å². The van der Waals surface area contributed by atoms with Gasteiger partial charge >= 0.3 is 0 Å². The summed E-state index contributed by atoms with van der Waals surface area (Å²) in [6, 6.07) is 26.2. The Labute approximate surface area is 191 Å². The molecule has 0 unspecified atom stereocenters. The molecular formula is C27H24N2O2S. The third kappa shape index (κ3) is 4.39. The summed E-state index contributed by atoms with van der Waals surface area (Å²) in [7, 11) is 0. The van der Waals surface area contributed by atoms with Crippen LogP contribution in [0.15, 0.2) is 94.7 Å². The first-order valence-corrected chi connectivity index (χ1v) is 11.3. The molecule has 4 aromatic rings. The molecule has 0 aliphatic rings. The second-order valence-corrected chi connectivity index (χ2v) is 8.89. The molecular weight excluding hydrogens is 416 g/mol. The Morgan fingerprint density at radius 3 is 2.28 bits per heavy atom. The van der Waals surface area contributed by atoms with Gasteiger partial charge in [-0.3, -0.25) is 14.2 Å². The van der Waals surface area contributed by atoms with E-state index in [-0.39, 0.29) is 17.4 Å². The van der Waals surface area contributed by atoms with E-state index in [2.05, 4.69) is 18.8 Å². The van der Waals surface area contributed by atoms with E-state index in [1.807, 2.05) is 61.5 Å². The van der Waals surface area contributed by atoms with Crippen molar-refractivity contribution in [3.63, 3.8) is 0 Å². The smallest absolute Gasteiger partial charge is 0.269 e. The number of aryl methyl sites for hydroxylation is 1. The highest BCUT2D eigenvalue weighted by Crippen LogP contribution is 2.25. The van der Waals surface area contributed by atoms with E-state index in [1.165, 1.54) is 11.3 Å². The molecule has 160 valence electrons. The minimum atomic E-state index is -0.376. The average molecular weight is 441 g/mol. The lowest BCUT2D eigenvalue weighted by Gasteiger charge is -2.15. The van der Waals surface area contributed by atoms with Crippen molar-refractivity contribution in [2.45, 2.75) is 26.7 Å². The van der Waals surface area contributed by atoms with Gasteiger partial charge in [0.2, 0.25) is 4.80 Å². The summed E-state index contributed by atoms with van der Waals surface area (Å²) >= 11 is 1.34. The SMILES string of the molecule is Cc1ccccc1-c1cc(=O)n(-c2ccccc2C(C)C)/c(=N/C(=O)c2ccccc2)s1.